The molecule has 2 aromatic rings. The monoisotopic (exact) mass is 273 g/mol. The molecule has 0 amide bonds. The molecule has 1 aliphatic heterocycles. The number of aryl methyl sites for hydroxylation is 1. The van der Waals surface area contributed by atoms with E-state index in [0.29, 0.717) is 18.3 Å². The molecule has 1 aromatic carbocycles. The molecule has 2 heterocycles. The van der Waals surface area contributed by atoms with Crippen LogP contribution in [0.2, 0.25) is 0 Å². The Morgan fingerprint density at radius 3 is 3.00 bits per heavy atom. The highest BCUT2D eigenvalue weighted by Crippen LogP contribution is 2.35. The summed E-state index contributed by atoms with van der Waals surface area (Å²) in [7, 11) is 0. The largest absolute Gasteiger partial charge is 0.454 e. The van der Waals surface area contributed by atoms with Crippen LogP contribution in [0.15, 0.2) is 18.2 Å². The third kappa shape index (κ3) is 2.56. The van der Waals surface area contributed by atoms with Crippen molar-refractivity contribution in [2.45, 2.75) is 13.3 Å². The lowest BCUT2D eigenvalue weighted by Crippen LogP contribution is -2.11. The summed E-state index contributed by atoms with van der Waals surface area (Å²) in [5.41, 5.74) is 6.67. The molecule has 0 spiro atoms. The maximum atomic E-state index is 5.58. The van der Waals surface area contributed by atoms with Crippen LogP contribution in [0.1, 0.15) is 11.4 Å². The van der Waals surface area contributed by atoms with E-state index >= 15 is 0 Å². The third-order valence-electron chi connectivity index (χ3n) is 2.92. The van der Waals surface area contributed by atoms with Crippen molar-refractivity contribution in [3.63, 3.8) is 0 Å². The van der Waals surface area contributed by atoms with E-state index in [9.17, 15) is 0 Å². The van der Waals surface area contributed by atoms with Crippen molar-refractivity contribution in [3.05, 3.63) is 29.6 Å². The van der Waals surface area contributed by atoms with E-state index in [4.69, 9.17) is 15.2 Å². The summed E-state index contributed by atoms with van der Waals surface area (Å²) < 4.78 is 10.8. The number of hydrogen-bond donors (Lipinski definition) is 2. The normalized spacial score (nSPS) is 12.4. The molecule has 3 N–H and O–H groups in total. The standard InChI is InChI=1S/C13H15N5O2/c1-8-16-12(14)18-13(17-8)15-6-5-9-3-2-4-10-11(9)20-7-19-10/h2-4H,5-7H2,1H3,(H3,14,15,16,17,18). The zero-order valence-electron chi connectivity index (χ0n) is 11.1. The molecule has 7 heteroatoms. The average Bonchev–Trinajstić information content (AvgIpc) is 2.86. The molecule has 104 valence electrons. The van der Waals surface area contributed by atoms with E-state index in [0.717, 1.165) is 23.5 Å². The van der Waals surface area contributed by atoms with Gasteiger partial charge in [-0.15, -0.1) is 0 Å². The maximum absolute atomic E-state index is 5.58. The van der Waals surface area contributed by atoms with E-state index in [1.807, 2.05) is 18.2 Å². The summed E-state index contributed by atoms with van der Waals surface area (Å²) in [6.45, 7) is 2.73. The summed E-state index contributed by atoms with van der Waals surface area (Å²) in [6, 6.07) is 5.87. The van der Waals surface area contributed by atoms with Crippen molar-refractivity contribution in [1.82, 2.24) is 15.0 Å². The van der Waals surface area contributed by atoms with Gasteiger partial charge in [-0.3, -0.25) is 0 Å². The number of rotatable bonds is 4. The second kappa shape index (κ2) is 5.20. The quantitative estimate of drug-likeness (QED) is 0.862. The number of nitrogens with two attached hydrogens (primary N) is 1. The number of aromatic nitrogens is 3. The molecule has 7 nitrogen and oxygen atoms in total. The van der Waals surface area contributed by atoms with Crippen LogP contribution >= 0.6 is 0 Å². The van der Waals surface area contributed by atoms with Crippen LogP contribution in [0.5, 0.6) is 11.5 Å². The second-order valence-electron chi connectivity index (χ2n) is 4.39. The molecule has 0 bridgehead atoms. The van der Waals surface area contributed by atoms with E-state index in [2.05, 4.69) is 20.3 Å². The summed E-state index contributed by atoms with van der Waals surface area (Å²) >= 11 is 0. The van der Waals surface area contributed by atoms with Crippen LogP contribution < -0.4 is 20.5 Å². The molecular formula is C13H15N5O2. The fourth-order valence-corrected chi connectivity index (χ4v) is 2.08. The minimum absolute atomic E-state index is 0.220. The molecule has 1 aromatic heterocycles. The van der Waals surface area contributed by atoms with Crippen LogP contribution in [0, 0.1) is 6.92 Å². The highest BCUT2D eigenvalue weighted by molar-refractivity contribution is 5.48. The number of nitrogen functional groups attached to an aromatic ring is 1. The van der Waals surface area contributed by atoms with Gasteiger partial charge in [-0.2, -0.15) is 15.0 Å². The molecule has 0 saturated heterocycles. The van der Waals surface area contributed by atoms with Crippen molar-refractivity contribution in [2.24, 2.45) is 0 Å². The smallest absolute Gasteiger partial charge is 0.231 e. The minimum Gasteiger partial charge on any atom is -0.454 e. The molecule has 0 unspecified atom stereocenters. The van der Waals surface area contributed by atoms with Gasteiger partial charge in [0.05, 0.1) is 0 Å². The molecule has 0 aliphatic carbocycles. The Morgan fingerprint density at radius 1 is 1.25 bits per heavy atom. The van der Waals surface area contributed by atoms with Gasteiger partial charge in [0.25, 0.3) is 0 Å². The van der Waals surface area contributed by atoms with Crippen molar-refractivity contribution in [1.29, 1.82) is 0 Å². The van der Waals surface area contributed by atoms with Crippen LogP contribution in [0.25, 0.3) is 0 Å². The minimum atomic E-state index is 0.220. The van der Waals surface area contributed by atoms with Crippen molar-refractivity contribution < 1.29 is 9.47 Å². The zero-order valence-corrected chi connectivity index (χ0v) is 11.1. The van der Waals surface area contributed by atoms with Gasteiger partial charge in [0, 0.05) is 6.54 Å². The Bertz CT molecular complexity index is 612. The average molecular weight is 273 g/mol. The lowest BCUT2D eigenvalue weighted by molar-refractivity contribution is 0.173. The van der Waals surface area contributed by atoms with Crippen LogP contribution in [0.3, 0.4) is 0 Å². The van der Waals surface area contributed by atoms with Gasteiger partial charge >= 0.3 is 0 Å². The summed E-state index contributed by atoms with van der Waals surface area (Å²) in [5, 5.41) is 3.13. The summed E-state index contributed by atoms with van der Waals surface area (Å²) in [6.07, 6.45) is 0.775. The first-order valence-corrected chi connectivity index (χ1v) is 6.32. The molecule has 3 rings (SSSR count). The predicted octanol–water partition coefficient (Wildman–Crippen LogP) is 1.15. The Morgan fingerprint density at radius 2 is 2.15 bits per heavy atom. The highest BCUT2D eigenvalue weighted by atomic mass is 16.7. The Labute approximate surface area is 116 Å². The van der Waals surface area contributed by atoms with Gasteiger partial charge in [-0.25, -0.2) is 0 Å². The molecular weight excluding hydrogens is 258 g/mol. The van der Waals surface area contributed by atoms with Crippen molar-refractivity contribution in [3.8, 4) is 11.5 Å². The third-order valence-corrected chi connectivity index (χ3v) is 2.92. The van der Waals surface area contributed by atoms with Crippen molar-refractivity contribution in [2.75, 3.05) is 24.4 Å². The number of nitrogens with zero attached hydrogens (tertiary/aromatic N) is 3. The van der Waals surface area contributed by atoms with Gasteiger partial charge in [-0.05, 0) is 25.0 Å². The Hall–Kier alpha value is -2.57. The molecule has 1 aliphatic rings. The number of para-hydroxylation sites is 1. The summed E-state index contributed by atoms with van der Waals surface area (Å²) in [4.78, 5) is 12.1. The Balaban J connectivity index is 1.64. The lowest BCUT2D eigenvalue weighted by atomic mass is 10.1. The van der Waals surface area contributed by atoms with E-state index in [1.54, 1.807) is 6.92 Å². The highest BCUT2D eigenvalue weighted by Gasteiger charge is 2.16. The van der Waals surface area contributed by atoms with Crippen LogP contribution in [0.4, 0.5) is 11.9 Å². The molecule has 0 radical (unpaired) electrons. The van der Waals surface area contributed by atoms with Gasteiger partial charge in [0.2, 0.25) is 18.7 Å². The van der Waals surface area contributed by atoms with Gasteiger partial charge < -0.3 is 20.5 Å². The summed E-state index contributed by atoms with van der Waals surface area (Å²) in [5.74, 6) is 2.91. The first-order chi connectivity index (χ1) is 9.72. The number of nitrogens with one attached hydrogen (secondary N) is 1. The zero-order chi connectivity index (χ0) is 13.9. The number of anilines is 2. The SMILES string of the molecule is Cc1nc(N)nc(NCCc2cccc3c2OCO3)n1. The number of fused-ring (bicyclic) bond motifs is 1. The fraction of sp³-hybridized carbons (Fsp3) is 0.308. The molecule has 0 atom stereocenters. The maximum Gasteiger partial charge on any atom is 0.231 e. The molecule has 0 fully saturated rings. The molecule has 0 saturated carbocycles. The number of hydrogen-bond acceptors (Lipinski definition) is 7. The topological polar surface area (TPSA) is 95.2 Å². The fourth-order valence-electron chi connectivity index (χ4n) is 2.08. The van der Waals surface area contributed by atoms with Crippen LogP contribution in [-0.4, -0.2) is 28.3 Å². The number of ether oxygens (including phenoxy) is 2. The van der Waals surface area contributed by atoms with E-state index in [1.165, 1.54) is 0 Å². The first kappa shape index (κ1) is 12.5. The van der Waals surface area contributed by atoms with Gasteiger partial charge in [0.1, 0.15) is 5.82 Å². The van der Waals surface area contributed by atoms with Gasteiger partial charge in [0.15, 0.2) is 11.5 Å². The van der Waals surface area contributed by atoms with E-state index < -0.39 is 0 Å². The van der Waals surface area contributed by atoms with Crippen molar-refractivity contribution >= 4 is 11.9 Å². The van der Waals surface area contributed by atoms with Gasteiger partial charge in [-0.1, -0.05) is 12.1 Å². The second-order valence-corrected chi connectivity index (χ2v) is 4.39. The van der Waals surface area contributed by atoms with Crippen LogP contribution in [-0.2, 0) is 6.42 Å². The Kier molecular flexibility index (Phi) is 3.24. The number of benzene rings is 1. The lowest BCUT2D eigenvalue weighted by Gasteiger charge is -2.07. The first-order valence-electron chi connectivity index (χ1n) is 6.32. The molecule has 20 heavy (non-hydrogen) atoms. The predicted molar refractivity (Wildman–Crippen MR) is 73.7 cm³/mol. The van der Waals surface area contributed by atoms with E-state index in [-0.39, 0.29) is 12.7 Å².